The lowest BCUT2D eigenvalue weighted by molar-refractivity contribution is -0.119. The summed E-state index contributed by atoms with van der Waals surface area (Å²) in [6.45, 7) is 2.50. The van der Waals surface area contributed by atoms with Gasteiger partial charge in [0.2, 0.25) is 0 Å². The Labute approximate surface area is 162 Å². The number of thioether (sulfide) groups is 1. The molecule has 1 saturated carbocycles. The van der Waals surface area contributed by atoms with Gasteiger partial charge in [-0.2, -0.15) is 0 Å². The number of para-hydroxylation sites is 1. The van der Waals surface area contributed by atoms with Crippen LogP contribution in [0.5, 0.6) is 0 Å². The molecule has 1 heterocycles. The third kappa shape index (κ3) is 3.83. The number of fused-ring (bicyclic) bond motifs is 1. The van der Waals surface area contributed by atoms with Crippen molar-refractivity contribution < 1.29 is 4.79 Å². The van der Waals surface area contributed by atoms with Crippen LogP contribution in [-0.2, 0) is 11.3 Å². The molecule has 0 spiro atoms. The fourth-order valence-corrected chi connectivity index (χ4v) is 4.67. The van der Waals surface area contributed by atoms with Crippen molar-refractivity contribution in [3.8, 4) is 0 Å². The zero-order chi connectivity index (χ0) is 18.8. The van der Waals surface area contributed by atoms with E-state index >= 15 is 0 Å². The molecule has 0 N–H and O–H groups in total. The van der Waals surface area contributed by atoms with E-state index in [0.29, 0.717) is 29.0 Å². The predicted octanol–water partition coefficient (Wildman–Crippen LogP) is 4.36. The zero-order valence-electron chi connectivity index (χ0n) is 15.4. The fraction of sp³-hybridized carbons (Fsp3) is 0.318. The van der Waals surface area contributed by atoms with Crippen molar-refractivity contribution in [2.24, 2.45) is 0 Å². The highest BCUT2D eigenvalue weighted by molar-refractivity contribution is 8.00. The normalized spacial score (nSPS) is 17.4. The minimum Gasteiger partial charge on any atom is -0.298 e. The maximum absolute atomic E-state index is 13.2. The summed E-state index contributed by atoms with van der Waals surface area (Å²) >= 11 is 1.45. The highest BCUT2D eigenvalue weighted by Gasteiger charge is 2.25. The quantitative estimate of drug-likeness (QED) is 0.633. The molecule has 0 saturated heterocycles. The molecule has 3 aromatic rings. The van der Waals surface area contributed by atoms with Gasteiger partial charge in [-0.3, -0.25) is 14.2 Å². The maximum Gasteiger partial charge on any atom is 0.262 e. The first kappa shape index (κ1) is 18.0. The standard InChI is InChI=1S/C22H22N2O2S/c1-15-10-12-16(13-11-15)14-24-21(26)17-6-2-3-7-18(17)23-22(24)27-20-9-5-4-8-19(20)25/h2-3,6-7,10-13,20H,4-5,8-9,14H2,1H3/t20-/m1/s1. The molecule has 1 fully saturated rings. The Morgan fingerprint density at radius 1 is 1.07 bits per heavy atom. The molecular weight excluding hydrogens is 356 g/mol. The summed E-state index contributed by atoms with van der Waals surface area (Å²) in [5.74, 6) is 0.274. The highest BCUT2D eigenvalue weighted by atomic mass is 32.2. The Morgan fingerprint density at radius 3 is 2.63 bits per heavy atom. The van der Waals surface area contributed by atoms with Gasteiger partial charge in [-0.05, 0) is 37.5 Å². The number of aromatic nitrogens is 2. The van der Waals surface area contributed by atoms with Gasteiger partial charge in [0.1, 0.15) is 5.78 Å². The van der Waals surface area contributed by atoms with Gasteiger partial charge in [0.15, 0.2) is 5.16 Å². The second-order valence-corrected chi connectivity index (χ2v) is 8.28. The molecule has 2 aromatic carbocycles. The third-order valence-electron chi connectivity index (χ3n) is 5.03. The molecule has 138 valence electrons. The van der Waals surface area contributed by atoms with E-state index in [-0.39, 0.29) is 16.6 Å². The number of rotatable bonds is 4. The van der Waals surface area contributed by atoms with E-state index in [9.17, 15) is 9.59 Å². The van der Waals surface area contributed by atoms with Gasteiger partial charge in [0.25, 0.3) is 5.56 Å². The van der Waals surface area contributed by atoms with Crippen molar-refractivity contribution in [1.82, 2.24) is 9.55 Å². The molecule has 27 heavy (non-hydrogen) atoms. The smallest absolute Gasteiger partial charge is 0.262 e. The van der Waals surface area contributed by atoms with Crippen LogP contribution < -0.4 is 5.56 Å². The van der Waals surface area contributed by atoms with E-state index in [2.05, 4.69) is 0 Å². The average Bonchev–Trinajstić information content (AvgIpc) is 2.68. The van der Waals surface area contributed by atoms with Gasteiger partial charge in [-0.15, -0.1) is 0 Å². The van der Waals surface area contributed by atoms with Crippen molar-refractivity contribution in [2.75, 3.05) is 0 Å². The average molecular weight is 378 g/mol. The summed E-state index contributed by atoms with van der Waals surface area (Å²) in [6.07, 6.45) is 3.51. The molecular formula is C22H22N2O2S. The molecule has 1 aliphatic carbocycles. The maximum atomic E-state index is 13.2. The monoisotopic (exact) mass is 378 g/mol. The SMILES string of the molecule is Cc1ccc(Cn2c(S[C@@H]3CCCCC3=O)nc3ccccc3c2=O)cc1. The van der Waals surface area contributed by atoms with E-state index in [1.54, 1.807) is 4.57 Å². The molecule has 1 aliphatic rings. The van der Waals surface area contributed by atoms with E-state index in [0.717, 1.165) is 24.8 Å². The van der Waals surface area contributed by atoms with Gasteiger partial charge < -0.3 is 0 Å². The lowest BCUT2D eigenvalue weighted by Crippen LogP contribution is -2.27. The molecule has 0 amide bonds. The summed E-state index contributed by atoms with van der Waals surface area (Å²) in [6, 6.07) is 15.6. The van der Waals surface area contributed by atoms with E-state index < -0.39 is 0 Å². The first-order valence-corrected chi connectivity index (χ1v) is 10.2. The molecule has 4 rings (SSSR count). The van der Waals surface area contributed by atoms with Crippen LogP contribution in [0.25, 0.3) is 10.9 Å². The van der Waals surface area contributed by atoms with Crippen molar-refractivity contribution >= 4 is 28.4 Å². The van der Waals surface area contributed by atoms with Crippen molar-refractivity contribution in [3.63, 3.8) is 0 Å². The molecule has 0 unspecified atom stereocenters. The number of hydrogen-bond acceptors (Lipinski definition) is 4. The predicted molar refractivity (Wildman–Crippen MR) is 109 cm³/mol. The number of ketones is 1. The highest BCUT2D eigenvalue weighted by Crippen LogP contribution is 2.31. The van der Waals surface area contributed by atoms with Gasteiger partial charge >= 0.3 is 0 Å². The Morgan fingerprint density at radius 2 is 1.85 bits per heavy atom. The number of benzene rings is 2. The number of Topliss-reactive ketones (excluding diaryl/α,β-unsaturated/α-hetero) is 1. The van der Waals surface area contributed by atoms with Gasteiger partial charge in [-0.25, -0.2) is 4.98 Å². The van der Waals surface area contributed by atoms with Gasteiger partial charge in [-0.1, -0.05) is 60.1 Å². The second-order valence-electron chi connectivity index (χ2n) is 7.11. The van der Waals surface area contributed by atoms with Crippen molar-refractivity contribution in [2.45, 2.75) is 49.6 Å². The van der Waals surface area contributed by atoms with E-state index in [1.165, 1.54) is 17.3 Å². The number of carbonyl (C=O) groups is 1. The van der Waals surface area contributed by atoms with Crippen molar-refractivity contribution in [3.05, 3.63) is 70.0 Å². The third-order valence-corrected chi connectivity index (χ3v) is 6.34. The minimum absolute atomic E-state index is 0.0491. The summed E-state index contributed by atoms with van der Waals surface area (Å²) in [4.78, 5) is 30.2. The van der Waals surface area contributed by atoms with Gasteiger partial charge in [0, 0.05) is 6.42 Å². The summed E-state index contributed by atoms with van der Waals surface area (Å²) in [5, 5.41) is 1.15. The molecule has 0 radical (unpaired) electrons. The number of aryl methyl sites for hydroxylation is 1. The van der Waals surface area contributed by atoms with Crippen molar-refractivity contribution in [1.29, 1.82) is 0 Å². The zero-order valence-corrected chi connectivity index (χ0v) is 16.2. The molecule has 5 heteroatoms. The van der Waals surface area contributed by atoms with Crippen LogP contribution >= 0.6 is 11.8 Å². The molecule has 4 nitrogen and oxygen atoms in total. The molecule has 1 aromatic heterocycles. The van der Waals surface area contributed by atoms with Crippen LogP contribution in [0.1, 0.15) is 36.8 Å². The van der Waals surface area contributed by atoms with Gasteiger partial charge in [0.05, 0.1) is 22.7 Å². The van der Waals surface area contributed by atoms with Crippen LogP contribution in [0.15, 0.2) is 58.5 Å². The Balaban J connectivity index is 1.78. The summed E-state index contributed by atoms with van der Waals surface area (Å²) < 4.78 is 1.72. The molecule has 0 bridgehead atoms. The van der Waals surface area contributed by atoms with Crippen LogP contribution in [0.3, 0.4) is 0 Å². The first-order chi connectivity index (χ1) is 13.1. The van der Waals surface area contributed by atoms with Crippen LogP contribution in [0.4, 0.5) is 0 Å². The number of hydrogen-bond donors (Lipinski definition) is 0. The summed E-state index contributed by atoms with van der Waals surface area (Å²) in [5.41, 5.74) is 2.88. The Bertz CT molecular complexity index is 1040. The second kappa shape index (κ2) is 7.69. The lowest BCUT2D eigenvalue weighted by atomic mass is 9.99. The largest absolute Gasteiger partial charge is 0.298 e. The lowest BCUT2D eigenvalue weighted by Gasteiger charge is -2.21. The van der Waals surface area contributed by atoms with Crippen LogP contribution in [-0.4, -0.2) is 20.6 Å². The van der Waals surface area contributed by atoms with Crippen LogP contribution in [0.2, 0.25) is 0 Å². The summed E-state index contributed by atoms with van der Waals surface area (Å²) in [7, 11) is 0. The molecule has 0 aliphatic heterocycles. The molecule has 1 atom stereocenters. The van der Waals surface area contributed by atoms with E-state index in [1.807, 2.05) is 55.5 Å². The Hall–Kier alpha value is -2.40. The fourth-order valence-electron chi connectivity index (χ4n) is 3.46. The number of nitrogens with zero attached hydrogens (tertiary/aromatic N) is 2. The topological polar surface area (TPSA) is 52.0 Å². The Kier molecular flexibility index (Phi) is 5.12. The van der Waals surface area contributed by atoms with Crippen LogP contribution in [0, 0.1) is 6.92 Å². The number of carbonyl (C=O) groups excluding carboxylic acids is 1. The van der Waals surface area contributed by atoms with E-state index in [4.69, 9.17) is 4.98 Å². The minimum atomic E-state index is -0.101. The first-order valence-electron chi connectivity index (χ1n) is 9.36.